The zero-order valence-corrected chi connectivity index (χ0v) is 16.5. The van der Waals surface area contributed by atoms with Crippen molar-refractivity contribution < 1.29 is 26.7 Å². The molecule has 1 aliphatic rings. The highest BCUT2D eigenvalue weighted by molar-refractivity contribution is 6.09. The summed E-state index contributed by atoms with van der Waals surface area (Å²) in [5.41, 5.74) is 2.53. The second-order valence-corrected chi connectivity index (χ2v) is 7.13. The molecule has 2 aromatic carbocycles. The van der Waals surface area contributed by atoms with E-state index in [-0.39, 0.29) is 22.6 Å². The first kappa shape index (κ1) is 21.4. The quantitative estimate of drug-likeness (QED) is 0.613. The number of rotatable bonds is 4. The largest absolute Gasteiger partial charge is 0.369 e. The van der Waals surface area contributed by atoms with Gasteiger partial charge in [-0.15, -0.1) is 0 Å². The number of carbonyl (C=O) groups excluding carboxylic acids is 1. The predicted octanol–water partition coefficient (Wildman–Crippen LogP) is 4.13. The fourth-order valence-corrected chi connectivity index (χ4v) is 3.63. The van der Waals surface area contributed by atoms with Crippen LogP contribution in [0.2, 0.25) is 0 Å². The summed E-state index contributed by atoms with van der Waals surface area (Å²) < 4.78 is 69.7. The molecule has 0 radical (unpaired) electrons. The summed E-state index contributed by atoms with van der Waals surface area (Å²) in [7, 11) is 1.29. The number of carbonyl (C=O) groups is 1. The number of halogens is 5. The van der Waals surface area contributed by atoms with Gasteiger partial charge in [0.1, 0.15) is 23.1 Å². The predicted molar refractivity (Wildman–Crippen MR) is 106 cm³/mol. The van der Waals surface area contributed by atoms with Crippen LogP contribution in [0.4, 0.5) is 22.0 Å². The number of pyridine rings is 1. The Labute approximate surface area is 179 Å². The van der Waals surface area contributed by atoms with Crippen molar-refractivity contribution in [3.8, 4) is 11.1 Å². The van der Waals surface area contributed by atoms with E-state index in [0.717, 1.165) is 35.4 Å². The van der Waals surface area contributed by atoms with Crippen molar-refractivity contribution in [2.24, 2.45) is 10.7 Å². The number of hydrogen-bond acceptors (Lipinski definition) is 4. The summed E-state index contributed by atoms with van der Waals surface area (Å²) in [5.74, 6) is -3.76. The first-order chi connectivity index (χ1) is 15.1. The minimum atomic E-state index is -2.96. The van der Waals surface area contributed by atoms with Crippen LogP contribution in [0.3, 0.4) is 0 Å². The number of aliphatic imine (C=N–C) groups is 1. The SMILES string of the molecule is CN1C(=O)C(c2ccnc(C(F)F)c2)(c2cc(-c3ccc(F)cc3)c(F)cc2F)N=C1N. The van der Waals surface area contributed by atoms with Gasteiger partial charge >= 0.3 is 0 Å². The average Bonchev–Trinajstić information content (AvgIpc) is 2.99. The van der Waals surface area contributed by atoms with Crippen molar-refractivity contribution in [3.05, 3.63) is 89.0 Å². The van der Waals surface area contributed by atoms with E-state index >= 15 is 4.39 Å². The molecule has 4 rings (SSSR count). The number of nitrogens with two attached hydrogens (primary N) is 1. The van der Waals surface area contributed by atoms with Crippen LogP contribution in [0.15, 0.2) is 59.7 Å². The lowest BCUT2D eigenvalue weighted by Crippen LogP contribution is -2.41. The molecule has 2 N–H and O–H groups in total. The summed E-state index contributed by atoms with van der Waals surface area (Å²) in [6.45, 7) is 0. The zero-order chi connectivity index (χ0) is 23.2. The standard InChI is InChI=1S/C22H15F5N4O/c1-31-20(32)22(30-21(31)28,12-6-7-29-18(8-12)19(26)27)15-9-14(16(24)10-17(15)25)11-2-4-13(23)5-3-11/h2-10,19H,1H3,(H2,28,30). The van der Waals surface area contributed by atoms with E-state index in [1.807, 2.05) is 0 Å². The van der Waals surface area contributed by atoms with E-state index in [2.05, 4.69) is 9.98 Å². The fraction of sp³-hybridized carbons (Fsp3) is 0.136. The van der Waals surface area contributed by atoms with Gasteiger partial charge in [-0.25, -0.2) is 26.9 Å². The zero-order valence-electron chi connectivity index (χ0n) is 16.5. The highest BCUT2D eigenvalue weighted by Gasteiger charge is 2.51. The third kappa shape index (κ3) is 3.28. The summed E-state index contributed by atoms with van der Waals surface area (Å²) >= 11 is 0. The molecular formula is C22H15F5N4O. The Bertz CT molecular complexity index is 1250. The number of hydrogen-bond donors (Lipinski definition) is 1. The van der Waals surface area contributed by atoms with E-state index in [0.29, 0.717) is 6.07 Å². The number of alkyl halides is 2. The molecule has 32 heavy (non-hydrogen) atoms. The molecule has 0 aliphatic carbocycles. The highest BCUT2D eigenvalue weighted by atomic mass is 19.3. The molecule has 1 aliphatic heterocycles. The Hall–Kier alpha value is -3.82. The van der Waals surface area contributed by atoms with Gasteiger partial charge in [-0.05, 0) is 41.5 Å². The molecule has 0 saturated carbocycles. The lowest BCUT2D eigenvalue weighted by molar-refractivity contribution is -0.129. The number of amides is 1. The number of benzene rings is 2. The van der Waals surface area contributed by atoms with Crippen molar-refractivity contribution in [1.82, 2.24) is 9.88 Å². The van der Waals surface area contributed by atoms with Crippen molar-refractivity contribution >= 4 is 11.9 Å². The Morgan fingerprint density at radius 3 is 2.28 bits per heavy atom. The molecule has 10 heteroatoms. The van der Waals surface area contributed by atoms with Gasteiger partial charge in [0.25, 0.3) is 12.3 Å². The molecular weight excluding hydrogens is 431 g/mol. The molecule has 5 nitrogen and oxygen atoms in total. The van der Waals surface area contributed by atoms with Crippen LogP contribution < -0.4 is 5.73 Å². The van der Waals surface area contributed by atoms with Gasteiger partial charge in [0, 0.05) is 30.4 Å². The Balaban J connectivity index is 2.02. The molecule has 1 amide bonds. The van der Waals surface area contributed by atoms with Crippen molar-refractivity contribution in [2.75, 3.05) is 7.05 Å². The minimum Gasteiger partial charge on any atom is -0.369 e. The Kier molecular flexibility index (Phi) is 5.15. The van der Waals surface area contributed by atoms with Crippen LogP contribution in [0.1, 0.15) is 23.2 Å². The average molecular weight is 446 g/mol. The first-order valence-corrected chi connectivity index (χ1v) is 9.28. The van der Waals surface area contributed by atoms with Gasteiger partial charge in [-0.2, -0.15) is 0 Å². The summed E-state index contributed by atoms with van der Waals surface area (Å²) in [6, 6.07) is 8.52. The highest BCUT2D eigenvalue weighted by Crippen LogP contribution is 2.43. The maximum Gasteiger partial charge on any atom is 0.280 e. The topological polar surface area (TPSA) is 71.6 Å². The van der Waals surface area contributed by atoms with E-state index in [1.54, 1.807) is 0 Å². The van der Waals surface area contributed by atoms with Crippen LogP contribution in [-0.2, 0) is 10.3 Å². The number of nitrogens with zero attached hydrogens (tertiary/aromatic N) is 3. The van der Waals surface area contributed by atoms with Gasteiger partial charge in [-0.3, -0.25) is 14.7 Å². The normalized spacial score (nSPS) is 18.4. The van der Waals surface area contributed by atoms with E-state index in [1.165, 1.54) is 25.2 Å². The second-order valence-electron chi connectivity index (χ2n) is 7.13. The number of aromatic nitrogens is 1. The summed E-state index contributed by atoms with van der Waals surface area (Å²) in [4.78, 5) is 21.9. The molecule has 0 spiro atoms. The van der Waals surface area contributed by atoms with Gasteiger partial charge in [0.2, 0.25) is 0 Å². The molecule has 3 aromatic rings. The van der Waals surface area contributed by atoms with Gasteiger partial charge in [0.05, 0.1) is 0 Å². The molecule has 0 saturated heterocycles. The van der Waals surface area contributed by atoms with Crippen LogP contribution >= 0.6 is 0 Å². The van der Waals surface area contributed by atoms with Gasteiger partial charge < -0.3 is 5.73 Å². The lowest BCUT2D eigenvalue weighted by atomic mass is 9.81. The molecule has 2 heterocycles. The van der Waals surface area contributed by atoms with Crippen LogP contribution in [0, 0.1) is 17.5 Å². The third-order valence-corrected chi connectivity index (χ3v) is 5.26. The summed E-state index contributed by atoms with van der Waals surface area (Å²) in [5, 5.41) is 0. The molecule has 1 aromatic heterocycles. The Morgan fingerprint density at radius 1 is 1.00 bits per heavy atom. The summed E-state index contributed by atoms with van der Waals surface area (Å²) in [6.07, 6.45) is -1.92. The van der Waals surface area contributed by atoms with Gasteiger partial charge in [0.15, 0.2) is 11.5 Å². The van der Waals surface area contributed by atoms with Crippen LogP contribution in [0.25, 0.3) is 11.1 Å². The van der Waals surface area contributed by atoms with Gasteiger partial charge in [-0.1, -0.05) is 12.1 Å². The van der Waals surface area contributed by atoms with Crippen LogP contribution in [0.5, 0.6) is 0 Å². The molecule has 0 fully saturated rings. The monoisotopic (exact) mass is 446 g/mol. The molecule has 1 atom stereocenters. The Morgan fingerprint density at radius 2 is 1.69 bits per heavy atom. The van der Waals surface area contributed by atoms with E-state index < -0.39 is 46.6 Å². The lowest BCUT2D eigenvalue weighted by Gasteiger charge is -2.27. The van der Waals surface area contributed by atoms with Crippen molar-refractivity contribution in [1.29, 1.82) is 0 Å². The molecule has 164 valence electrons. The first-order valence-electron chi connectivity index (χ1n) is 9.28. The number of likely N-dealkylation sites (N-methyl/N-ethyl adjacent to an activating group) is 1. The minimum absolute atomic E-state index is 0.115. The van der Waals surface area contributed by atoms with E-state index in [4.69, 9.17) is 5.73 Å². The maximum absolute atomic E-state index is 15.1. The van der Waals surface area contributed by atoms with Crippen molar-refractivity contribution in [3.63, 3.8) is 0 Å². The fourth-order valence-electron chi connectivity index (χ4n) is 3.63. The molecule has 1 unspecified atom stereocenters. The smallest absolute Gasteiger partial charge is 0.280 e. The van der Waals surface area contributed by atoms with E-state index in [9.17, 15) is 22.4 Å². The van der Waals surface area contributed by atoms with Crippen LogP contribution in [-0.4, -0.2) is 28.8 Å². The van der Waals surface area contributed by atoms with Crippen molar-refractivity contribution in [2.45, 2.75) is 12.0 Å². The second kappa shape index (κ2) is 7.70. The molecule has 0 bridgehead atoms. The third-order valence-electron chi connectivity index (χ3n) is 5.26. The number of guanidine groups is 1. The maximum atomic E-state index is 15.1.